The molecule has 4 heteroatoms. The van der Waals surface area contributed by atoms with Crippen molar-refractivity contribution in [1.29, 1.82) is 0 Å². The van der Waals surface area contributed by atoms with Crippen molar-refractivity contribution in [2.75, 3.05) is 7.05 Å². The number of nitrogens with zero attached hydrogens (tertiary/aromatic N) is 1. The highest BCUT2D eigenvalue weighted by molar-refractivity contribution is 9.10. The number of aromatic nitrogens is 1. The van der Waals surface area contributed by atoms with Crippen LogP contribution in [-0.2, 0) is 5.75 Å². The summed E-state index contributed by atoms with van der Waals surface area (Å²) < 4.78 is 1.02. The van der Waals surface area contributed by atoms with Gasteiger partial charge in [0, 0.05) is 27.4 Å². The molecule has 1 atom stereocenters. The van der Waals surface area contributed by atoms with Gasteiger partial charge in [-0.1, -0.05) is 12.1 Å². The van der Waals surface area contributed by atoms with E-state index in [0.29, 0.717) is 6.04 Å². The number of benzene rings is 1. The second-order valence-corrected chi connectivity index (χ2v) is 6.30. The summed E-state index contributed by atoms with van der Waals surface area (Å²) in [6.45, 7) is 2.17. The molecule has 1 aromatic carbocycles. The molecular formula is C15H17BrN2S. The molecule has 1 N–H and O–H groups in total. The minimum atomic E-state index is 0.381. The molecule has 2 nitrogen and oxygen atoms in total. The molecule has 2 aromatic rings. The highest BCUT2D eigenvalue weighted by Crippen LogP contribution is 2.25. The summed E-state index contributed by atoms with van der Waals surface area (Å²) in [5.41, 5.74) is 2.41. The standard InChI is InChI=1S/C15H17BrN2S/c1-11(17-2)12-4-3-5-15(8-12)19-10-14-7-6-13(16)9-18-14/h3-9,11,17H,10H2,1-2H3. The van der Waals surface area contributed by atoms with E-state index in [9.17, 15) is 0 Å². The predicted octanol–water partition coefficient (Wildman–Crippen LogP) is 4.42. The molecule has 0 spiro atoms. The van der Waals surface area contributed by atoms with Crippen LogP contribution in [0.1, 0.15) is 24.2 Å². The van der Waals surface area contributed by atoms with E-state index in [0.717, 1.165) is 15.9 Å². The van der Waals surface area contributed by atoms with Gasteiger partial charge < -0.3 is 5.32 Å². The smallest absolute Gasteiger partial charge is 0.0507 e. The number of hydrogen-bond donors (Lipinski definition) is 1. The average Bonchev–Trinajstić information content (AvgIpc) is 2.46. The predicted molar refractivity (Wildman–Crippen MR) is 85.4 cm³/mol. The van der Waals surface area contributed by atoms with E-state index in [1.165, 1.54) is 10.5 Å². The Balaban J connectivity index is 2.01. The molecular weight excluding hydrogens is 320 g/mol. The van der Waals surface area contributed by atoms with Gasteiger partial charge in [-0.05, 0) is 59.7 Å². The molecule has 19 heavy (non-hydrogen) atoms. The van der Waals surface area contributed by atoms with Crippen LogP contribution < -0.4 is 5.32 Å². The number of halogens is 1. The van der Waals surface area contributed by atoms with Crippen molar-refractivity contribution in [3.05, 3.63) is 58.3 Å². The van der Waals surface area contributed by atoms with Crippen LogP contribution in [-0.4, -0.2) is 12.0 Å². The normalized spacial score (nSPS) is 12.4. The van der Waals surface area contributed by atoms with Crippen molar-refractivity contribution in [2.24, 2.45) is 0 Å². The van der Waals surface area contributed by atoms with Gasteiger partial charge in [-0.15, -0.1) is 11.8 Å². The van der Waals surface area contributed by atoms with E-state index in [1.54, 1.807) is 0 Å². The highest BCUT2D eigenvalue weighted by atomic mass is 79.9. The Bertz CT molecular complexity index is 528. The SMILES string of the molecule is CNC(C)c1cccc(SCc2ccc(Br)cn2)c1. The van der Waals surface area contributed by atoms with Crippen LogP contribution in [0.15, 0.2) is 52.0 Å². The fourth-order valence-electron chi connectivity index (χ4n) is 1.69. The van der Waals surface area contributed by atoms with E-state index in [4.69, 9.17) is 0 Å². The molecule has 0 amide bonds. The van der Waals surface area contributed by atoms with Crippen molar-refractivity contribution >= 4 is 27.7 Å². The van der Waals surface area contributed by atoms with Crippen LogP contribution in [0.25, 0.3) is 0 Å². The van der Waals surface area contributed by atoms with Crippen LogP contribution >= 0.6 is 27.7 Å². The number of pyridine rings is 1. The van der Waals surface area contributed by atoms with Crippen LogP contribution in [0, 0.1) is 0 Å². The zero-order valence-electron chi connectivity index (χ0n) is 11.1. The summed E-state index contributed by atoms with van der Waals surface area (Å²) in [6, 6.07) is 13.1. The summed E-state index contributed by atoms with van der Waals surface area (Å²) in [7, 11) is 1.98. The third kappa shape index (κ3) is 4.34. The molecule has 0 saturated carbocycles. The maximum absolute atomic E-state index is 4.39. The van der Waals surface area contributed by atoms with E-state index in [2.05, 4.69) is 63.5 Å². The molecule has 0 radical (unpaired) electrons. The van der Waals surface area contributed by atoms with Crippen molar-refractivity contribution in [3.8, 4) is 0 Å². The topological polar surface area (TPSA) is 24.9 Å². The molecule has 0 aliphatic heterocycles. The quantitative estimate of drug-likeness (QED) is 0.818. The number of hydrogen-bond acceptors (Lipinski definition) is 3. The minimum Gasteiger partial charge on any atom is -0.313 e. The number of thioether (sulfide) groups is 1. The summed E-state index contributed by atoms with van der Waals surface area (Å²) in [5.74, 6) is 0.894. The fourth-order valence-corrected chi connectivity index (χ4v) is 2.80. The van der Waals surface area contributed by atoms with Crippen LogP contribution in [0.2, 0.25) is 0 Å². The maximum atomic E-state index is 4.39. The van der Waals surface area contributed by atoms with Gasteiger partial charge in [-0.25, -0.2) is 0 Å². The van der Waals surface area contributed by atoms with Gasteiger partial charge in [0.1, 0.15) is 0 Å². The van der Waals surface area contributed by atoms with Crippen molar-refractivity contribution in [3.63, 3.8) is 0 Å². The van der Waals surface area contributed by atoms with Crippen LogP contribution in [0.4, 0.5) is 0 Å². The largest absolute Gasteiger partial charge is 0.313 e. The van der Waals surface area contributed by atoms with Crippen molar-refractivity contribution in [2.45, 2.75) is 23.6 Å². The Kier molecular flexibility index (Phi) is 5.43. The Labute approximate surface area is 127 Å². The van der Waals surface area contributed by atoms with Gasteiger partial charge >= 0.3 is 0 Å². The molecule has 0 fully saturated rings. The van der Waals surface area contributed by atoms with Gasteiger partial charge in [0.15, 0.2) is 0 Å². The molecule has 1 heterocycles. The molecule has 2 rings (SSSR count). The lowest BCUT2D eigenvalue weighted by molar-refractivity contribution is 0.651. The van der Waals surface area contributed by atoms with Gasteiger partial charge in [-0.2, -0.15) is 0 Å². The Morgan fingerprint density at radius 3 is 2.84 bits per heavy atom. The van der Waals surface area contributed by atoms with E-state index < -0.39 is 0 Å². The zero-order valence-corrected chi connectivity index (χ0v) is 13.5. The van der Waals surface area contributed by atoms with Crippen LogP contribution in [0.3, 0.4) is 0 Å². The van der Waals surface area contributed by atoms with E-state index in [-0.39, 0.29) is 0 Å². The lowest BCUT2D eigenvalue weighted by Crippen LogP contribution is -2.11. The van der Waals surface area contributed by atoms with Crippen LogP contribution in [0.5, 0.6) is 0 Å². The zero-order chi connectivity index (χ0) is 13.7. The first kappa shape index (κ1) is 14.6. The second kappa shape index (κ2) is 7.08. The molecule has 0 aliphatic rings. The molecule has 1 unspecified atom stereocenters. The third-order valence-electron chi connectivity index (χ3n) is 2.97. The number of nitrogens with one attached hydrogen (secondary N) is 1. The summed E-state index contributed by atoms with van der Waals surface area (Å²) in [4.78, 5) is 5.67. The maximum Gasteiger partial charge on any atom is 0.0507 e. The Morgan fingerprint density at radius 2 is 2.16 bits per heavy atom. The Morgan fingerprint density at radius 1 is 1.32 bits per heavy atom. The van der Waals surface area contributed by atoms with E-state index >= 15 is 0 Å². The second-order valence-electron chi connectivity index (χ2n) is 4.34. The lowest BCUT2D eigenvalue weighted by Gasteiger charge is -2.11. The monoisotopic (exact) mass is 336 g/mol. The summed E-state index contributed by atoms with van der Waals surface area (Å²) >= 11 is 5.21. The number of rotatable bonds is 5. The molecule has 0 saturated heterocycles. The average molecular weight is 337 g/mol. The Hall–Kier alpha value is -0.840. The van der Waals surface area contributed by atoms with Gasteiger partial charge in [0.05, 0.1) is 5.69 Å². The van der Waals surface area contributed by atoms with Crippen molar-refractivity contribution in [1.82, 2.24) is 10.3 Å². The first-order valence-electron chi connectivity index (χ1n) is 6.19. The molecule has 0 aliphatic carbocycles. The first-order chi connectivity index (χ1) is 9.19. The third-order valence-corrected chi connectivity index (χ3v) is 4.46. The lowest BCUT2D eigenvalue weighted by atomic mass is 10.1. The molecule has 0 bridgehead atoms. The van der Waals surface area contributed by atoms with E-state index in [1.807, 2.05) is 31.1 Å². The highest BCUT2D eigenvalue weighted by Gasteiger charge is 2.04. The van der Waals surface area contributed by atoms with Gasteiger partial charge in [-0.3, -0.25) is 4.98 Å². The summed E-state index contributed by atoms with van der Waals surface area (Å²) in [6.07, 6.45) is 1.84. The summed E-state index contributed by atoms with van der Waals surface area (Å²) in [5, 5.41) is 3.26. The molecule has 1 aromatic heterocycles. The van der Waals surface area contributed by atoms with Crippen molar-refractivity contribution < 1.29 is 0 Å². The fraction of sp³-hybridized carbons (Fsp3) is 0.267. The van der Waals surface area contributed by atoms with Gasteiger partial charge in [0.2, 0.25) is 0 Å². The minimum absolute atomic E-state index is 0.381. The van der Waals surface area contributed by atoms with Gasteiger partial charge in [0.25, 0.3) is 0 Å². The first-order valence-corrected chi connectivity index (χ1v) is 7.97. The molecule has 100 valence electrons.